The van der Waals surface area contributed by atoms with E-state index in [9.17, 15) is 0 Å². The molecule has 0 spiro atoms. The standard InChI is InChI=1S/C20H11N5/c21-10-9-12-7-8-14-17-13(4-3-11-22-17)19-20(18(14)23-12)25-16-6-2-1-5-15(16)24-19/h1-8,11H,9H2. The number of hydrogen-bond acceptors (Lipinski definition) is 5. The Morgan fingerprint density at radius 2 is 1.44 bits per heavy atom. The molecular formula is C20H11N5. The molecule has 3 aromatic heterocycles. The Bertz CT molecular complexity index is 1330. The Hall–Kier alpha value is -3.65. The zero-order chi connectivity index (χ0) is 16.8. The molecule has 0 aliphatic rings. The van der Waals surface area contributed by atoms with Gasteiger partial charge < -0.3 is 0 Å². The molecule has 5 heteroatoms. The first-order valence-electron chi connectivity index (χ1n) is 7.95. The monoisotopic (exact) mass is 321 g/mol. The molecule has 25 heavy (non-hydrogen) atoms. The minimum atomic E-state index is 0.263. The van der Waals surface area contributed by atoms with E-state index in [4.69, 9.17) is 15.2 Å². The molecule has 116 valence electrons. The van der Waals surface area contributed by atoms with Crippen LogP contribution >= 0.6 is 0 Å². The molecule has 0 unspecified atom stereocenters. The van der Waals surface area contributed by atoms with E-state index in [1.807, 2.05) is 48.5 Å². The third-order valence-corrected chi connectivity index (χ3v) is 4.33. The van der Waals surface area contributed by atoms with Crippen LogP contribution in [0.1, 0.15) is 5.69 Å². The normalized spacial score (nSPS) is 11.3. The van der Waals surface area contributed by atoms with E-state index in [1.54, 1.807) is 6.20 Å². The fourth-order valence-corrected chi connectivity index (χ4v) is 3.21. The Morgan fingerprint density at radius 3 is 2.24 bits per heavy atom. The van der Waals surface area contributed by atoms with Crippen LogP contribution in [-0.2, 0) is 6.42 Å². The van der Waals surface area contributed by atoms with Crippen molar-refractivity contribution in [2.45, 2.75) is 6.42 Å². The summed E-state index contributed by atoms with van der Waals surface area (Å²) in [6, 6.07) is 17.7. The average molecular weight is 321 g/mol. The van der Waals surface area contributed by atoms with Gasteiger partial charge in [0.25, 0.3) is 0 Å². The van der Waals surface area contributed by atoms with Gasteiger partial charge in [0.15, 0.2) is 0 Å². The number of nitrogens with zero attached hydrogens (tertiary/aromatic N) is 5. The molecule has 0 atom stereocenters. The summed E-state index contributed by atoms with van der Waals surface area (Å²) < 4.78 is 0. The maximum absolute atomic E-state index is 8.99. The summed E-state index contributed by atoms with van der Waals surface area (Å²) in [6.45, 7) is 0. The van der Waals surface area contributed by atoms with E-state index in [1.165, 1.54) is 0 Å². The molecule has 0 radical (unpaired) electrons. The fourth-order valence-electron chi connectivity index (χ4n) is 3.21. The summed E-state index contributed by atoms with van der Waals surface area (Å²) in [5, 5.41) is 10.9. The largest absolute Gasteiger partial charge is 0.255 e. The van der Waals surface area contributed by atoms with E-state index in [-0.39, 0.29) is 6.42 Å². The summed E-state index contributed by atoms with van der Waals surface area (Å²) >= 11 is 0. The second kappa shape index (κ2) is 5.18. The molecular weight excluding hydrogens is 310 g/mol. The summed E-state index contributed by atoms with van der Waals surface area (Å²) in [4.78, 5) is 18.9. The summed E-state index contributed by atoms with van der Waals surface area (Å²) in [6.07, 6.45) is 2.03. The van der Waals surface area contributed by atoms with Crippen LogP contribution in [0.2, 0.25) is 0 Å². The van der Waals surface area contributed by atoms with Crippen LogP contribution in [0.3, 0.4) is 0 Å². The fraction of sp³-hybridized carbons (Fsp3) is 0.0500. The topological polar surface area (TPSA) is 75.3 Å². The molecule has 5 aromatic rings. The van der Waals surface area contributed by atoms with Crippen LogP contribution in [0.25, 0.3) is 43.9 Å². The number of fused-ring (bicyclic) bond motifs is 7. The van der Waals surface area contributed by atoms with Crippen molar-refractivity contribution < 1.29 is 0 Å². The van der Waals surface area contributed by atoms with Crippen molar-refractivity contribution in [1.29, 1.82) is 5.26 Å². The van der Waals surface area contributed by atoms with Crippen LogP contribution in [0.5, 0.6) is 0 Å². The molecule has 0 amide bonds. The summed E-state index contributed by atoms with van der Waals surface area (Å²) in [7, 11) is 0. The quantitative estimate of drug-likeness (QED) is 0.345. The average Bonchev–Trinajstić information content (AvgIpc) is 2.67. The number of aromatic nitrogens is 4. The van der Waals surface area contributed by atoms with Gasteiger partial charge in [0.2, 0.25) is 0 Å². The van der Waals surface area contributed by atoms with Crippen molar-refractivity contribution in [2.75, 3.05) is 0 Å². The lowest BCUT2D eigenvalue weighted by molar-refractivity contribution is 1.15. The predicted molar refractivity (Wildman–Crippen MR) is 97.0 cm³/mol. The second-order valence-corrected chi connectivity index (χ2v) is 5.84. The van der Waals surface area contributed by atoms with Crippen molar-refractivity contribution in [1.82, 2.24) is 19.9 Å². The highest BCUT2D eigenvalue weighted by molar-refractivity contribution is 6.21. The van der Waals surface area contributed by atoms with Crippen LogP contribution in [0.15, 0.2) is 54.7 Å². The Kier molecular flexibility index (Phi) is 2.85. The zero-order valence-electron chi connectivity index (χ0n) is 13.1. The molecule has 0 saturated heterocycles. The molecule has 0 fully saturated rings. The first kappa shape index (κ1) is 13.8. The van der Waals surface area contributed by atoms with Gasteiger partial charge in [0.1, 0.15) is 16.6 Å². The van der Waals surface area contributed by atoms with E-state index in [0.29, 0.717) is 0 Å². The van der Waals surface area contributed by atoms with E-state index < -0.39 is 0 Å². The third kappa shape index (κ3) is 2.01. The first-order chi connectivity index (χ1) is 12.3. The Labute approximate surface area is 142 Å². The Morgan fingerprint density at radius 1 is 0.720 bits per heavy atom. The lowest BCUT2D eigenvalue weighted by Crippen LogP contribution is -1.96. The molecule has 5 rings (SSSR count). The Balaban J connectivity index is 2.07. The van der Waals surface area contributed by atoms with Crippen LogP contribution in [0, 0.1) is 11.3 Å². The van der Waals surface area contributed by atoms with Crippen LogP contribution in [0.4, 0.5) is 0 Å². The molecule has 3 heterocycles. The van der Waals surface area contributed by atoms with Gasteiger partial charge in [-0.05, 0) is 36.4 Å². The number of nitriles is 1. The minimum Gasteiger partial charge on any atom is -0.255 e. The predicted octanol–water partition coefficient (Wildman–Crippen LogP) is 3.95. The van der Waals surface area contributed by atoms with E-state index >= 15 is 0 Å². The molecule has 5 nitrogen and oxygen atoms in total. The lowest BCUT2D eigenvalue weighted by Gasteiger charge is -2.09. The molecule has 0 bridgehead atoms. The lowest BCUT2D eigenvalue weighted by atomic mass is 10.1. The summed E-state index contributed by atoms with van der Waals surface area (Å²) in [5.41, 5.74) is 5.52. The maximum atomic E-state index is 8.99. The SMILES string of the molecule is N#CCc1ccc2c3ncccc3c3nc4ccccc4nc3c2n1. The summed E-state index contributed by atoms with van der Waals surface area (Å²) in [5.74, 6) is 0. The van der Waals surface area contributed by atoms with Gasteiger partial charge in [-0.2, -0.15) is 5.26 Å². The number of benzene rings is 2. The van der Waals surface area contributed by atoms with Crippen LogP contribution < -0.4 is 0 Å². The van der Waals surface area contributed by atoms with Crippen molar-refractivity contribution >= 4 is 43.9 Å². The van der Waals surface area contributed by atoms with Gasteiger partial charge >= 0.3 is 0 Å². The van der Waals surface area contributed by atoms with E-state index in [2.05, 4.69) is 16.0 Å². The number of rotatable bonds is 1. The molecule has 0 aliphatic carbocycles. The minimum absolute atomic E-state index is 0.263. The van der Waals surface area contributed by atoms with Gasteiger partial charge in [0.05, 0.1) is 34.7 Å². The number of para-hydroxylation sites is 2. The van der Waals surface area contributed by atoms with Crippen molar-refractivity contribution in [3.05, 3.63) is 60.4 Å². The van der Waals surface area contributed by atoms with Gasteiger partial charge in [-0.1, -0.05) is 12.1 Å². The van der Waals surface area contributed by atoms with Gasteiger partial charge in [-0.3, -0.25) is 4.98 Å². The van der Waals surface area contributed by atoms with Gasteiger partial charge in [0, 0.05) is 17.0 Å². The second-order valence-electron chi connectivity index (χ2n) is 5.84. The molecule has 0 saturated carbocycles. The van der Waals surface area contributed by atoms with Crippen molar-refractivity contribution in [3.8, 4) is 6.07 Å². The molecule has 0 aliphatic heterocycles. The van der Waals surface area contributed by atoms with Crippen molar-refractivity contribution in [2.24, 2.45) is 0 Å². The highest BCUT2D eigenvalue weighted by Gasteiger charge is 2.14. The third-order valence-electron chi connectivity index (χ3n) is 4.33. The maximum Gasteiger partial charge on any atom is 0.116 e. The van der Waals surface area contributed by atoms with Gasteiger partial charge in [-0.25, -0.2) is 15.0 Å². The first-order valence-corrected chi connectivity index (χ1v) is 7.95. The van der Waals surface area contributed by atoms with Crippen LogP contribution in [-0.4, -0.2) is 19.9 Å². The smallest absolute Gasteiger partial charge is 0.116 e. The highest BCUT2D eigenvalue weighted by atomic mass is 14.8. The number of pyridine rings is 2. The zero-order valence-corrected chi connectivity index (χ0v) is 13.1. The van der Waals surface area contributed by atoms with Crippen molar-refractivity contribution in [3.63, 3.8) is 0 Å². The van der Waals surface area contributed by atoms with E-state index in [0.717, 1.165) is 49.6 Å². The van der Waals surface area contributed by atoms with Gasteiger partial charge in [-0.15, -0.1) is 0 Å². The number of hydrogen-bond donors (Lipinski definition) is 0. The highest BCUT2D eigenvalue weighted by Crippen LogP contribution is 2.32. The molecule has 0 N–H and O–H groups in total. The molecule has 2 aromatic carbocycles.